The van der Waals surface area contributed by atoms with E-state index in [0.717, 1.165) is 24.2 Å². The van der Waals surface area contributed by atoms with E-state index in [2.05, 4.69) is 10.2 Å². The Kier molecular flexibility index (Phi) is 5.97. The second-order valence-corrected chi connectivity index (χ2v) is 8.77. The van der Waals surface area contributed by atoms with Gasteiger partial charge in [-0.05, 0) is 50.1 Å². The van der Waals surface area contributed by atoms with Gasteiger partial charge in [0.1, 0.15) is 5.76 Å². The number of nitrogens with zero attached hydrogens (tertiary/aromatic N) is 4. The number of aromatic nitrogens is 3. The first kappa shape index (κ1) is 20.7. The van der Waals surface area contributed by atoms with Gasteiger partial charge in [-0.15, -0.1) is 10.2 Å². The highest BCUT2D eigenvalue weighted by molar-refractivity contribution is 8.00. The maximum absolute atomic E-state index is 13.2. The van der Waals surface area contributed by atoms with Gasteiger partial charge in [-0.2, -0.15) is 0 Å². The molecule has 1 aromatic carbocycles. The van der Waals surface area contributed by atoms with Gasteiger partial charge in [-0.3, -0.25) is 14.5 Å². The molecule has 1 aliphatic heterocycles. The van der Waals surface area contributed by atoms with Crippen LogP contribution in [0.5, 0.6) is 0 Å². The lowest BCUT2D eigenvalue weighted by Crippen LogP contribution is -2.41. The van der Waals surface area contributed by atoms with Crippen LogP contribution in [0.1, 0.15) is 35.4 Å². The highest BCUT2D eigenvalue weighted by Crippen LogP contribution is 2.32. The van der Waals surface area contributed by atoms with E-state index in [4.69, 9.17) is 16.0 Å². The smallest absolute Gasteiger partial charge is 0.260 e. The Labute approximate surface area is 183 Å². The normalized spacial score (nSPS) is 17.2. The zero-order chi connectivity index (χ0) is 21.3. The van der Waals surface area contributed by atoms with E-state index in [9.17, 15) is 9.59 Å². The third-order valence-corrected chi connectivity index (χ3v) is 6.70. The van der Waals surface area contributed by atoms with Crippen LogP contribution < -0.4 is 0 Å². The lowest BCUT2D eigenvalue weighted by molar-refractivity contribution is -0.127. The fourth-order valence-corrected chi connectivity index (χ4v) is 4.69. The Hall–Kier alpha value is -2.58. The number of hydrogen-bond acceptors (Lipinski definition) is 6. The number of imide groups is 1. The minimum absolute atomic E-state index is 0.193. The molecule has 30 heavy (non-hydrogen) atoms. The number of amides is 2. The molecule has 1 atom stereocenters. The van der Waals surface area contributed by atoms with Crippen LogP contribution in [0, 0.1) is 6.92 Å². The average molecular weight is 445 g/mol. The van der Waals surface area contributed by atoms with Crippen molar-refractivity contribution in [3.8, 4) is 11.4 Å². The predicted molar refractivity (Wildman–Crippen MR) is 114 cm³/mol. The van der Waals surface area contributed by atoms with E-state index < -0.39 is 5.25 Å². The third-order valence-electron chi connectivity index (χ3n) is 5.16. The van der Waals surface area contributed by atoms with Crippen molar-refractivity contribution in [1.82, 2.24) is 19.7 Å². The largest absolute Gasteiger partial charge is 0.469 e. The number of halogens is 1. The lowest BCUT2D eigenvalue weighted by Gasteiger charge is -2.22. The third kappa shape index (κ3) is 4.02. The van der Waals surface area contributed by atoms with Crippen molar-refractivity contribution in [3.63, 3.8) is 0 Å². The van der Waals surface area contributed by atoms with Crippen LogP contribution in [0.3, 0.4) is 0 Å². The van der Waals surface area contributed by atoms with Crippen LogP contribution in [-0.4, -0.2) is 43.3 Å². The molecule has 2 aromatic heterocycles. The number of likely N-dealkylation sites (tertiary alicyclic amines) is 1. The van der Waals surface area contributed by atoms with Crippen molar-refractivity contribution in [2.24, 2.45) is 7.05 Å². The summed E-state index contributed by atoms with van der Waals surface area (Å²) in [5.74, 6) is 0.949. The molecule has 1 unspecified atom stereocenters. The van der Waals surface area contributed by atoms with Crippen LogP contribution in [0.4, 0.5) is 0 Å². The summed E-state index contributed by atoms with van der Waals surface area (Å²) in [5.41, 5.74) is 1.32. The highest BCUT2D eigenvalue weighted by atomic mass is 35.5. The molecule has 0 spiro atoms. The van der Waals surface area contributed by atoms with Crippen LogP contribution in [0.15, 0.2) is 46.2 Å². The second-order valence-electron chi connectivity index (χ2n) is 7.16. The van der Waals surface area contributed by atoms with Gasteiger partial charge in [-0.1, -0.05) is 29.8 Å². The first-order valence-electron chi connectivity index (χ1n) is 9.67. The van der Waals surface area contributed by atoms with Gasteiger partial charge in [-0.25, -0.2) is 0 Å². The van der Waals surface area contributed by atoms with Crippen LogP contribution in [0.2, 0.25) is 5.02 Å². The summed E-state index contributed by atoms with van der Waals surface area (Å²) in [6, 6.07) is 8.45. The Balaban J connectivity index is 1.55. The Morgan fingerprint density at radius 3 is 2.67 bits per heavy atom. The van der Waals surface area contributed by atoms with Gasteiger partial charge >= 0.3 is 0 Å². The van der Waals surface area contributed by atoms with E-state index in [1.807, 2.05) is 24.6 Å². The number of carbonyl (C=O) groups is 2. The standard InChI is InChI=1S/C21H21ClN4O3S/c1-13-16(10-12-29-13)18-23-24-21(25(18)2)30-17-5-3-4-11-26(20(17)28)19(27)14-6-8-15(22)9-7-14/h6-10,12,17H,3-5,11H2,1-2H3. The summed E-state index contributed by atoms with van der Waals surface area (Å²) in [7, 11) is 1.86. The number of thioether (sulfide) groups is 1. The van der Waals surface area contributed by atoms with E-state index >= 15 is 0 Å². The Bertz CT molecular complexity index is 1080. The number of aryl methyl sites for hydroxylation is 1. The molecule has 7 nitrogen and oxygen atoms in total. The number of hydrogen-bond donors (Lipinski definition) is 0. The minimum atomic E-state index is -0.398. The Morgan fingerprint density at radius 1 is 1.20 bits per heavy atom. The molecule has 0 bridgehead atoms. The van der Waals surface area contributed by atoms with E-state index in [1.165, 1.54) is 16.7 Å². The van der Waals surface area contributed by atoms with Crippen molar-refractivity contribution in [2.45, 2.75) is 36.6 Å². The van der Waals surface area contributed by atoms with Crippen molar-refractivity contribution >= 4 is 35.2 Å². The van der Waals surface area contributed by atoms with Gasteiger partial charge in [0.2, 0.25) is 5.91 Å². The van der Waals surface area contributed by atoms with Gasteiger partial charge < -0.3 is 8.98 Å². The van der Waals surface area contributed by atoms with Crippen molar-refractivity contribution < 1.29 is 14.0 Å². The SMILES string of the molecule is Cc1occc1-c1nnc(SC2CCCCN(C(=O)c3ccc(Cl)cc3)C2=O)n1C. The average Bonchev–Trinajstić information content (AvgIpc) is 3.26. The van der Waals surface area contributed by atoms with Gasteiger partial charge in [0, 0.05) is 24.2 Å². The molecule has 2 amide bonds. The van der Waals surface area contributed by atoms with E-state index in [0.29, 0.717) is 34.5 Å². The molecule has 0 N–H and O–H groups in total. The molecule has 1 saturated heterocycles. The molecular weight excluding hydrogens is 424 g/mol. The van der Waals surface area contributed by atoms with E-state index in [1.54, 1.807) is 30.5 Å². The van der Waals surface area contributed by atoms with Gasteiger partial charge in [0.25, 0.3) is 5.91 Å². The number of carbonyl (C=O) groups excluding carboxylic acids is 2. The molecule has 0 saturated carbocycles. The first-order chi connectivity index (χ1) is 14.5. The summed E-state index contributed by atoms with van der Waals surface area (Å²) in [6.07, 6.45) is 3.93. The molecule has 156 valence electrons. The maximum Gasteiger partial charge on any atom is 0.260 e. The molecule has 0 radical (unpaired) electrons. The number of furan rings is 1. The van der Waals surface area contributed by atoms with Gasteiger partial charge in [0.05, 0.1) is 17.1 Å². The van der Waals surface area contributed by atoms with Gasteiger partial charge in [0.15, 0.2) is 11.0 Å². The zero-order valence-corrected chi connectivity index (χ0v) is 18.2. The van der Waals surface area contributed by atoms with Crippen LogP contribution in [-0.2, 0) is 11.8 Å². The highest BCUT2D eigenvalue weighted by Gasteiger charge is 2.33. The summed E-state index contributed by atoms with van der Waals surface area (Å²) >= 11 is 7.27. The van der Waals surface area contributed by atoms with Crippen molar-refractivity contribution in [3.05, 3.63) is 52.9 Å². The molecule has 4 rings (SSSR count). The molecule has 9 heteroatoms. The molecule has 1 fully saturated rings. The fourth-order valence-electron chi connectivity index (χ4n) is 3.46. The molecule has 0 aliphatic carbocycles. The van der Waals surface area contributed by atoms with E-state index in [-0.39, 0.29) is 11.8 Å². The fraction of sp³-hybridized carbons (Fsp3) is 0.333. The summed E-state index contributed by atoms with van der Waals surface area (Å²) in [5, 5.41) is 9.32. The monoisotopic (exact) mass is 444 g/mol. The second kappa shape index (κ2) is 8.65. The topological polar surface area (TPSA) is 81.2 Å². The molecule has 3 heterocycles. The molecule has 1 aliphatic rings. The van der Waals surface area contributed by atoms with Crippen LogP contribution >= 0.6 is 23.4 Å². The Morgan fingerprint density at radius 2 is 1.97 bits per heavy atom. The summed E-state index contributed by atoms with van der Waals surface area (Å²) in [4.78, 5) is 27.5. The van der Waals surface area contributed by atoms with Crippen molar-refractivity contribution in [1.29, 1.82) is 0 Å². The lowest BCUT2D eigenvalue weighted by atomic mass is 10.2. The predicted octanol–water partition coefficient (Wildman–Crippen LogP) is 4.35. The van der Waals surface area contributed by atoms with Crippen molar-refractivity contribution in [2.75, 3.05) is 6.54 Å². The minimum Gasteiger partial charge on any atom is -0.469 e. The first-order valence-corrected chi connectivity index (χ1v) is 10.9. The maximum atomic E-state index is 13.2. The molecular formula is C21H21ClN4O3S. The molecule has 3 aromatic rings. The summed E-state index contributed by atoms with van der Waals surface area (Å²) < 4.78 is 7.22. The number of rotatable bonds is 4. The quantitative estimate of drug-likeness (QED) is 0.556. The van der Waals surface area contributed by atoms with Crippen LogP contribution in [0.25, 0.3) is 11.4 Å². The number of benzene rings is 1. The zero-order valence-electron chi connectivity index (χ0n) is 16.7. The summed E-state index contributed by atoms with van der Waals surface area (Å²) in [6.45, 7) is 2.28.